The highest BCUT2D eigenvalue weighted by Gasteiger charge is 2.46. The maximum absolute atomic E-state index is 13.6. The average Bonchev–Trinajstić information content (AvgIpc) is 3.19. The third-order valence-electron chi connectivity index (χ3n) is 6.13. The van der Waals surface area contributed by atoms with Crippen molar-refractivity contribution in [3.05, 3.63) is 47.0 Å². The molecule has 3 heterocycles. The van der Waals surface area contributed by atoms with Crippen molar-refractivity contribution in [3.63, 3.8) is 0 Å². The quantitative estimate of drug-likeness (QED) is 0.703. The molecule has 1 saturated heterocycles. The van der Waals surface area contributed by atoms with Crippen LogP contribution in [0.4, 0.5) is 10.2 Å². The van der Waals surface area contributed by atoms with E-state index in [1.807, 2.05) is 13.0 Å². The Morgan fingerprint density at radius 2 is 2.08 bits per heavy atom. The number of H-pyrrole nitrogens is 1. The Morgan fingerprint density at radius 1 is 1.27 bits per heavy atom. The number of nitrogens with one attached hydrogen (secondary N) is 1. The largest absolute Gasteiger partial charge is 0.355 e. The van der Waals surface area contributed by atoms with Gasteiger partial charge in [0.25, 0.3) is 0 Å². The summed E-state index contributed by atoms with van der Waals surface area (Å²) in [6.07, 6.45) is 4.55. The third-order valence-corrected chi connectivity index (χ3v) is 6.13. The number of nitrogens with two attached hydrogens (primary N) is 1. The van der Waals surface area contributed by atoms with E-state index in [2.05, 4.69) is 20.1 Å². The minimum atomic E-state index is -0.201. The minimum absolute atomic E-state index is 0.0199. The number of aromatic amines is 1. The molecule has 134 valence electrons. The molecule has 7 heteroatoms. The van der Waals surface area contributed by atoms with Crippen molar-refractivity contribution in [2.45, 2.75) is 32.2 Å². The fourth-order valence-electron chi connectivity index (χ4n) is 4.64. The summed E-state index contributed by atoms with van der Waals surface area (Å²) in [4.78, 5) is 11.6. The topological polar surface area (TPSA) is 83.7 Å². The Bertz CT molecular complexity index is 989. The number of aromatic nitrogens is 4. The van der Waals surface area contributed by atoms with Gasteiger partial charge in [0.05, 0.1) is 11.9 Å². The van der Waals surface area contributed by atoms with Gasteiger partial charge in [0.15, 0.2) is 11.5 Å². The second-order valence-corrected chi connectivity index (χ2v) is 7.58. The van der Waals surface area contributed by atoms with E-state index in [0.717, 1.165) is 54.9 Å². The predicted molar refractivity (Wildman–Crippen MR) is 97.3 cm³/mol. The Hall–Kier alpha value is -2.54. The standard InChI is InChI=1S/C19H21FN6/c1-11-18(24-17-15(23-11)10-22-25-17)26-6-4-19(5-7-26)9-12-2-3-13(20)8-14(12)16(19)21/h2-3,8,10,16H,4-7,9,21H2,1H3,(H,22,24,25)/t16-/m1/s1. The molecule has 0 saturated carbocycles. The first-order chi connectivity index (χ1) is 12.6. The Morgan fingerprint density at radius 3 is 2.88 bits per heavy atom. The van der Waals surface area contributed by atoms with E-state index in [1.165, 1.54) is 11.6 Å². The van der Waals surface area contributed by atoms with Gasteiger partial charge < -0.3 is 10.6 Å². The van der Waals surface area contributed by atoms with Crippen molar-refractivity contribution in [1.29, 1.82) is 0 Å². The summed E-state index contributed by atoms with van der Waals surface area (Å²) >= 11 is 0. The molecular weight excluding hydrogens is 331 g/mol. The molecule has 0 unspecified atom stereocenters. The van der Waals surface area contributed by atoms with Crippen LogP contribution in [0.5, 0.6) is 0 Å². The molecule has 1 spiro atoms. The highest BCUT2D eigenvalue weighted by atomic mass is 19.1. The van der Waals surface area contributed by atoms with E-state index < -0.39 is 0 Å². The summed E-state index contributed by atoms with van der Waals surface area (Å²) in [5, 5.41) is 6.90. The van der Waals surface area contributed by atoms with Crippen LogP contribution in [0.2, 0.25) is 0 Å². The van der Waals surface area contributed by atoms with Crippen molar-refractivity contribution < 1.29 is 4.39 Å². The number of halogens is 1. The van der Waals surface area contributed by atoms with Gasteiger partial charge in [-0.05, 0) is 54.9 Å². The van der Waals surface area contributed by atoms with Crippen LogP contribution in [0, 0.1) is 18.2 Å². The predicted octanol–water partition coefficient (Wildman–Crippen LogP) is 2.64. The van der Waals surface area contributed by atoms with Crippen molar-refractivity contribution in [1.82, 2.24) is 20.2 Å². The molecule has 2 aliphatic rings. The maximum atomic E-state index is 13.6. The van der Waals surface area contributed by atoms with Crippen LogP contribution in [0.1, 0.15) is 35.7 Å². The van der Waals surface area contributed by atoms with E-state index in [-0.39, 0.29) is 17.3 Å². The van der Waals surface area contributed by atoms with Gasteiger partial charge in [0.2, 0.25) is 0 Å². The van der Waals surface area contributed by atoms with E-state index in [9.17, 15) is 4.39 Å². The summed E-state index contributed by atoms with van der Waals surface area (Å²) in [6.45, 7) is 3.73. The lowest BCUT2D eigenvalue weighted by Crippen LogP contribution is -2.44. The Labute approximate surface area is 150 Å². The van der Waals surface area contributed by atoms with Crippen LogP contribution >= 0.6 is 0 Å². The third kappa shape index (κ3) is 2.23. The second-order valence-electron chi connectivity index (χ2n) is 7.58. The number of fused-ring (bicyclic) bond motifs is 2. The number of rotatable bonds is 1. The van der Waals surface area contributed by atoms with E-state index in [4.69, 9.17) is 10.7 Å². The number of piperidine rings is 1. The number of aryl methyl sites for hydroxylation is 1. The van der Waals surface area contributed by atoms with Crippen molar-refractivity contribution in [2.24, 2.45) is 11.1 Å². The number of nitrogens with zero attached hydrogens (tertiary/aromatic N) is 4. The molecule has 1 aliphatic heterocycles. The number of hydrogen-bond donors (Lipinski definition) is 2. The molecule has 26 heavy (non-hydrogen) atoms. The van der Waals surface area contributed by atoms with Crippen molar-refractivity contribution in [2.75, 3.05) is 18.0 Å². The first-order valence-electron chi connectivity index (χ1n) is 9.02. The van der Waals surface area contributed by atoms with Gasteiger partial charge in [-0.2, -0.15) is 5.10 Å². The van der Waals surface area contributed by atoms with Gasteiger partial charge in [0, 0.05) is 19.1 Å². The van der Waals surface area contributed by atoms with Crippen LogP contribution in [0.25, 0.3) is 11.2 Å². The van der Waals surface area contributed by atoms with Crippen molar-refractivity contribution in [3.8, 4) is 0 Å². The van der Waals surface area contributed by atoms with E-state index in [1.54, 1.807) is 12.3 Å². The first-order valence-corrected chi connectivity index (χ1v) is 9.02. The highest BCUT2D eigenvalue weighted by Crippen LogP contribution is 2.51. The number of anilines is 1. The summed E-state index contributed by atoms with van der Waals surface area (Å²) in [5.41, 5.74) is 11.2. The molecular formula is C19H21FN6. The lowest BCUT2D eigenvalue weighted by molar-refractivity contribution is 0.187. The molecule has 0 amide bonds. The van der Waals surface area contributed by atoms with Gasteiger partial charge >= 0.3 is 0 Å². The molecule has 1 aromatic carbocycles. The summed E-state index contributed by atoms with van der Waals surface area (Å²) in [6, 6.07) is 4.95. The van der Waals surface area contributed by atoms with Crippen LogP contribution in [0.3, 0.4) is 0 Å². The van der Waals surface area contributed by atoms with Gasteiger partial charge in [-0.3, -0.25) is 5.10 Å². The normalized spacial score (nSPS) is 21.5. The molecule has 1 atom stereocenters. The monoisotopic (exact) mass is 352 g/mol. The summed E-state index contributed by atoms with van der Waals surface area (Å²) < 4.78 is 13.6. The van der Waals surface area contributed by atoms with Gasteiger partial charge in [0.1, 0.15) is 11.3 Å². The fourth-order valence-corrected chi connectivity index (χ4v) is 4.64. The smallest absolute Gasteiger partial charge is 0.176 e. The molecule has 0 bridgehead atoms. The zero-order chi connectivity index (χ0) is 17.9. The molecule has 3 aromatic rings. The van der Waals surface area contributed by atoms with Gasteiger partial charge in [-0.1, -0.05) is 6.07 Å². The lowest BCUT2D eigenvalue weighted by Gasteiger charge is -2.42. The SMILES string of the molecule is Cc1nc2cn[nH]c2nc1N1CCC2(CC1)Cc1ccc(F)cc1[C@H]2N. The molecule has 0 radical (unpaired) electrons. The molecule has 2 aromatic heterocycles. The lowest BCUT2D eigenvalue weighted by atomic mass is 9.73. The van der Waals surface area contributed by atoms with Gasteiger partial charge in [-0.15, -0.1) is 0 Å². The van der Waals surface area contributed by atoms with Crippen LogP contribution in [-0.4, -0.2) is 33.3 Å². The fraction of sp³-hybridized carbons (Fsp3) is 0.421. The Kier molecular flexibility index (Phi) is 3.31. The summed E-state index contributed by atoms with van der Waals surface area (Å²) in [5.74, 6) is 0.708. The zero-order valence-electron chi connectivity index (χ0n) is 14.7. The molecule has 1 aliphatic carbocycles. The first kappa shape index (κ1) is 15.7. The molecule has 5 rings (SSSR count). The van der Waals surface area contributed by atoms with Gasteiger partial charge in [-0.25, -0.2) is 14.4 Å². The average molecular weight is 352 g/mol. The highest BCUT2D eigenvalue weighted by molar-refractivity contribution is 5.71. The summed E-state index contributed by atoms with van der Waals surface area (Å²) in [7, 11) is 0. The second kappa shape index (κ2) is 5.48. The van der Waals surface area contributed by atoms with E-state index in [0.29, 0.717) is 5.65 Å². The van der Waals surface area contributed by atoms with E-state index >= 15 is 0 Å². The van der Waals surface area contributed by atoms with Crippen molar-refractivity contribution >= 4 is 17.0 Å². The zero-order valence-corrected chi connectivity index (χ0v) is 14.7. The molecule has 6 nitrogen and oxygen atoms in total. The molecule has 1 fully saturated rings. The minimum Gasteiger partial charge on any atom is -0.355 e. The number of benzene rings is 1. The Balaban J connectivity index is 1.40. The number of hydrogen-bond acceptors (Lipinski definition) is 5. The van der Waals surface area contributed by atoms with Crippen LogP contribution in [0.15, 0.2) is 24.4 Å². The maximum Gasteiger partial charge on any atom is 0.176 e. The molecule has 3 N–H and O–H groups in total. The van der Waals surface area contributed by atoms with Crippen LogP contribution in [-0.2, 0) is 6.42 Å². The van der Waals surface area contributed by atoms with Crippen LogP contribution < -0.4 is 10.6 Å².